The molecule has 34 heavy (non-hydrogen) atoms. The second kappa shape index (κ2) is 18.7. The minimum Gasteiger partial charge on any atom is -0.379 e. The van der Waals surface area contributed by atoms with Crippen molar-refractivity contribution in [1.82, 2.24) is 0 Å². The Morgan fingerprint density at radius 1 is 0.676 bits per heavy atom. The minimum atomic E-state index is 0.197. The van der Waals surface area contributed by atoms with Gasteiger partial charge in [0, 0.05) is 6.61 Å². The number of ether oxygens (including phenoxy) is 2. The molecule has 0 aliphatic carbocycles. The predicted molar refractivity (Wildman–Crippen MR) is 146 cm³/mol. The van der Waals surface area contributed by atoms with E-state index in [0.717, 1.165) is 31.8 Å². The highest BCUT2D eigenvalue weighted by Gasteiger charge is 2.09. The van der Waals surface area contributed by atoms with E-state index in [9.17, 15) is 0 Å². The molecule has 0 saturated heterocycles. The van der Waals surface area contributed by atoms with Crippen molar-refractivity contribution >= 4 is 0 Å². The fourth-order valence-electron chi connectivity index (χ4n) is 4.43. The van der Waals surface area contributed by atoms with E-state index >= 15 is 0 Å². The van der Waals surface area contributed by atoms with Crippen LogP contribution in [0.15, 0.2) is 54.6 Å². The third kappa shape index (κ3) is 13.9. The molecule has 2 aromatic carbocycles. The van der Waals surface area contributed by atoms with Gasteiger partial charge in [0.1, 0.15) is 0 Å². The molecule has 1 atom stereocenters. The lowest BCUT2D eigenvalue weighted by atomic mass is 10.00. The van der Waals surface area contributed by atoms with Crippen LogP contribution in [-0.4, -0.2) is 19.3 Å². The zero-order chi connectivity index (χ0) is 24.3. The van der Waals surface area contributed by atoms with Gasteiger partial charge in [0.25, 0.3) is 0 Å². The molecule has 1 unspecified atom stereocenters. The highest BCUT2D eigenvalue weighted by Crippen LogP contribution is 2.15. The van der Waals surface area contributed by atoms with Crippen LogP contribution < -0.4 is 0 Å². The first-order chi connectivity index (χ1) is 16.7. The molecule has 0 aliphatic rings. The van der Waals surface area contributed by atoms with Gasteiger partial charge in [-0.1, -0.05) is 114 Å². The highest BCUT2D eigenvalue weighted by atomic mass is 16.5. The van der Waals surface area contributed by atoms with Gasteiger partial charge in [-0.3, -0.25) is 0 Å². The third-order valence-corrected chi connectivity index (χ3v) is 6.49. The normalized spacial score (nSPS) is 12.4. The van der Waals surface area contributed by atoms with Gasteiger partial charge in [-0.25, -0.2) is 0 Å². The molecule has 0 aromatic heterocycles. The maximum atomic E-state index is 6.10. The van der Waals surface area contributed by atoms with E-state index in [-0.39, 0.29) is 6.10 Å². The summed E-state index contributed by atoms with van der Waals surface area (Å²) in [6.07, 6.45) is 15.2. The average Bonchev–Trinajstić information content (AvgIpc) is 2.84. The molecule has 2 rings (SSSR count). The Kier molecular flexibility index (Phi) is 15.7. The van der Waals surface area contributed by atoms with Gasteiger partial charge in [0.15, 0.2) is 0 Å². The van der Waals surface area contributed by atoms with Crippen molar-refractivity contribution in [1.29, 1.82) is 0 Å². The van der Waals surface area contributed by atoms with Gasteiger partial charge < -0.3 is 9.47 Å². The zero-order valence-electron chi connectivity index (χ0n) is 22.3. The Morgan fingerprint density at radius 2 is 1.32 bits per heavy atom. The quantitative estimate of drug-likeness (QED) is 0.181. The molecule has 2 aromatic rings. The topological polar surface area (TPSA) is 18.5 Å². The first kappa shape index (κ1) is 28.6. The van der Waals surface area contributed by atoms with Crippen LogP contribution in [0.25, 0.3) is 0 Å². The Morgan fingerprint density at radius 3 is 2.00 bits per heavy atom. The van der Waals surface area contributed by atoms with Crippen LogP contribution in [0.4, 0.5) is 0 Å². The predicted octanol–water partition coefficient (Wildman–Crippen LogP) is 8.95. The monoisotopic (exact) mass is 466 g/mol. The summed E-state index contributed by atoms with van der Waals surface area (Å²) in [4.78, 5) is 0. The number of hydrogen-bond donors (Lipinski definition) is 0. The largest absolute Gasteiger partial charge is 0.379 e. The van der Waals surface area contributed by atoms with Gasteiger partial charge >= 0.3 is 0 Å². The summed E-state index contributed by atoms with van der Waals surface area (Å²) in [7, 11) is 0. The molecule has 0 heterocycles. The molecule has 2 heteroatoms. The van der Waals surface area contributed by atoms with E-state index < -0.39 is 0 Å². The smallest absolute Gasteiger partial charge is 0.0812 e. The van der Waals surface area contributed by atoms with Crippen molar-refractivity contribution in [3.8, 4) is 0 Å². The number of benzene rings is 2. The molecule has 0 amide bonds. The summed E-state index contributed by atoms with van der Waals surface area (Å²) in [5.74, 6) is 0.847. The standard InChI is InChI=1S/C32H50O2/c1-4-16-32(34-26-31-20-11-7-12-21-31)27-33-24-14-8-13-19-30-23-15-22-29(25-30)18-10-6-5-9-17-28(2)3/h7,11-12,15,20-23,25,28,32H,4-6,8-10,13-14,16-19,24,26-27H2,1-3H3. The Labute approximate surface area is 210 Å². The van der Waals surface area contributed by atoms with E-state index in [1.165, 1.54) is 74.5 Å². The Hall–Kier alpha value is -1.64. The van der Waals surface area contributed by atoms with Crippen LogP contribution in [0.5, 0.6) is 0 Å². The molecule has 0 N–H and O–H groups in total. The summed E-state index contributed by atoms with van der Waals surface area (Å²) in [5, 5.41) is 0. The second-order valence-electron chi connectivity index (χ2n) is 10.3. The fourth-order valence-corrected chi connectivity index (χ4v) is 4.43. The fraction of sp³-hybridized carbons (Fsp3) is 0.625. The molecule has 190 valence electrons. The molecule has 0 radical (unpaired) electrons. The van der Waals surface area contributed by atoms with Gasteiger partial charge in [-0.15, -0.1) is 0 Å². The van der Waals surface area contributed by atoms with Crippen molar-refractivity contribution in [2.75, 3.05) is 13.2 Å². The van der Waals surface area contributed by atoms with E-state index in [1.54, 1.807) is 0 Å². The van der Waals surface area contributed by atoms with Crippen molar-refractivity contribution in [3.63, 3.8) is 0 Å². The summed E-state index contributed by atoms with van der Waals surface area (Å²) >= 11 is 0. The molecule has 0 saturated carbocycles. The highest BCUT2D eigenvalue weighted by molar-refractivity contribution is 5.23. The molecule has 0 aliphatic heterocycles. The third-order valence-electron chi connectivity index (χ3n) is 6.49. The van der Waals surface area contributed by atoms with E-state index in [1.807, 2.05) is 6.07 Å². The number of rotatable bonds is 20. The SMILES string of the molecule is CCCC(COCCCCCc1cccc(CCCCCCC(C)C)c1)OCc1ccccc1. The van der Waals surface area contributed by atoms with E-state index in [4.69, 9.17) is 9.47 Å². The molecular formula is C32H50O2. The van der Waals surface area contributed by atoms with Crippen molar-refractivity contribution in [2.45, 2.75) is 111 Å². The summed E-state index contributed by atoms with van der Waals surface area (Å²) in [6.45, 7) is 9.08. The van der Waals surface area contributed by atoms with Crippen LogP contribution in [-0.2, 0) is 28.9 Å². The van der Waals surface area contributed by atoms with Crippen LogP contribution in [0.2, 0.25) is 0 Å². The lowest BCUT2D eigenvalue weighted by molar-refractivity contribution is -0.0295. The van der Waals surface area contributed by atoms with Crippen LogP contribution in [0.1, 0.15) is 102 Å². The van der Waals surface area contributed by atoms with Crippen LogP contribution in [0, 0.1) is 5.92 Å². The maximum absolute atomic E-state index is 6.10. The van der Waals surface area contributed by atoms with Crippen LogP contribution in [0.3, 0.4) is 0 Å². The molecule has 0 fully saturated rings. The summed E-state index contributed by atoms with van der Waals surface area (Å²) < 4.78 is 12.1. The summed E-state index contributed by atoms with van der Waals surface area (Å²) in [6, 6.07) is 19.7. The molecule has 0 bridgehead atoms. The van der Waals surface area contributed by atoms with Gasteiger partial charge in [0.2, 0.25) is 0 Å². The summed E-state index contributed by atoms with van der Waals surface area (Å²) in [5.41, 5.74) is 4.24. The van der Waals surface area contributed by atoms with Gasteiger partial charge in [0.05, 0.1) is 19.3 Å². The van der Waals surface area contributed by atoms with Gasteiger partial charge in [-0.2, -0.15) is 0 Å². The average molecular weight is 467 g/mol. The Balaban J connectivity index is 1.52. The van der Waals surface area contributed by atoms with Crippen molar-refractivity contribution < 1.29 is 9.47 Å². The first-order valence-corrected chi connectivity index (χ1v) is 14.0. The molecule has 0 spiro atoms. The van der Waals surface area contributed by atoms with E-state index in [2.05, 4.69) is 69.3 Å². The molecule has 2 nitrogen and oxygen atoms in total. The van der Waals surface area contributed by atoms with E-state index in [0.29, 0.717) is 13.2 Å². The maximum Gasteiger partial charge on any atom is 0.0812 e. The number of aryl methyl sites for hydroxylation is 2. The van der Waals surface area contributed by atoms with Crippen molar-refractivity contribution in [2.24, 2.45) is 5.92 Å². The number of hydrogen-bond acceptors (Lipinski definition) is 2. The zero-order valence-corrected chi connectivity index (χ0v) is 22.3. The van der Waals surface area contributed by atoms with Gasteiger partial charge in [-0.05, 0) is 61.1 Å². The minimum absolute atomic E-state index is 0.197. The molecular weight excluding hydrogens is 416 g/mol. The van der Waals surface area contributed by atoms with Crippen LogP contribution >= 0.6 is 0 Å². The second-order valence-corrected chi connectivity index (χ2v) is 10.3. The first-order valence-electron chi connectivity index (χ1n) is 14.0. The lowest BCUT2D eigenvalue weighted by Crippen LogP contribution is -2.20. The number of unbranched alkanes of at least 4 members (excludes halogenated alkanes) is 5. The van der Waals surface area contributed by atoms with Crippen molar-refractivity contribution in [3.05, 3.63) is 71.3 Å². The lowest BCUT2D eigenvalue weighted by Gasteiger charge is -2.17. The Bertz CT molecular complexity index is 725.